The van der Waals surface area contributed by atoms with Crippen molar-refractivity contribution in [2.24, 2.45) is 5.73 Å². The summed E-state index contributed by atoms with van der Waals surface area (Å²) in [6.07, 6.45) is 0. The van der Waals surface area contributed by atoms with Crippen LogP contribution in [0.3, 0.4) is 0 Å². The summed E-state index contributed by atoms with van der Waals surface area (Å²) in [6, 6.07) is 21.4. The van der Waals surface area contributed by atoms with Crippen molar-refractivity contribution in [1.82, 2.24) is 10.1 Å². The van der Waals surface area contributed by atoms with Crippen molar-refractivity contribution in [3.8, 4) is 28.6 Å². The summed E-state index contributed by atoms with van der Waals surface area (Å²) in [4.78, 5) is 28.3. The maximum atomic E-state index is 13.0. The number of amides is 1. The molecule has 31 heavy (non-hydrogen) atoms. The minimum Gasteiger partial charge on any atom is -0.484 e. The van der Waals surface area contributed by atoms with Gasteiger partial charge in [-0.2, -0.15) is 4.98 Å². The molecule has 0 saturated heterocycles. The van der Waals surface area contributed by atoms with Crippen molar-refractivity contribution in [2.75, 3.05) is 6.61 Å². The van der Waals surface area contributed by atoms with E-state index in [0.717, 1.165) is 5.56 Å². The van der Waals surface area contributed by atoms with Crippen molar-refractivity contribution in [1.29, 1.82) is 0 Å². The molecule has 0 saturated carbocycles. The second-order valence-electron chi connectivity index (χ2n) is 6.94. The minimum atomic E-state index is -0.550. The predicted molar refractivity (Wildman–Crippen MR) is 114 cm³/mol. The van der Waals surface area contributed by atoms with Crippen LogP contribution in [0, 0.1) is 6.92 Å². The number of benzene rings is 3. The second-order valence-corrected chi connectivity index (χ2v) is 6.94. The van der Waals surface area contributed by atoms with E-state index in [0.29, 0.717) is 33.8 Å². The van der Waals surface area contributed by atoms with Gasteiger partial charge in [-0.05, 0) is 37.3 Å². The highest BCUT2D eigenvalue weighted by Crippen LogP contribution is 2.27. The molecule has 0 spiro atoms. The topological polar surface area (TPSA) is 108 Å². The highest BCUT2D eigenvalue weighted by atomic mass is 16.5. The maximum absolute atomic E-state index is 13.0. The van der Waals surface area contributed by atoms with Gasteiger partial charge in [0.1, 0.15) is 5.75 Å². The number of ketones is 1. The summed E-state index contributed by atoms with van der Waals surface area (Å²) in [7, 11) is 0. The van der Waals surface area contributed by atoms with Crippen molar-refractivity contribution >= 4 is 11.7 Å². The van der Waals surface area contributed by atoms with Gasteiger partial charge in [0.15, 0.2) is 12.4 Å². The van der Waals surface area contributed by atoms with Gasteiger partial charge in [0.2, 0.25) is 5.82 Å². The third-order valence-corrected chi connectivity index (χ3v) is 4.64. The fourth-order valence-corrected chi connectivity index (χ4v) is 3.03. The molecule has 0 aliphatic heterocycles. The Labute approximate surface area is 178 Å². The molecule has 7 nitrogen and oxygen atoms in total. The molecule has 4 aromatic rings. The van der Waals surface area contributed by atoms with Gasteiger partial charge in [0, 0.05) is 16.7 Å². The number of rotatable bonds is 7. The summed E-state index contributed by atoms with van der Waals surface area (Å²) in [6.45, 7) is 1.77. The number of nitrogens with zero attached hydrogens (tertiary/aromatic N) is 2. The summed E-state index contributed by atoms with van der Waals surface area (Å²) in [5, 5.41) is 4.04. The highest BCUT2D eigenvalue weighted by Gasteiger charge is 2.19. The Hall–Kier alpha value is -4.26. The highest BCUT2D eigenvalue weighted by molar-refractivity contribution is 6.12. The normalized spacial score (nSPS) is 10.6. The van der Waals surface area contributed by atoms with E-state index in [1.54, 1.807) is 54.6 Å². The Bertz CT molecular complexity index is 1230. The molecule has 0 fully saturated rings. The lowest BCUT2D eigenvalue weighted by Gasteiger charge is -2.06. The molecule has 0 bridgehead atoms. The van der Waals surface area contributed by atoms with Gasteiger partial charge in [-0.15, -0.1) is 0 Å². The van der Waals surface area contributed by atoms with E-state index in [4.69, 9.17) is 15.0 Å². The van der Waals surface area contributed by atoms with Gasteiger partial charge in [-0.25, -0.2) is 0 Å². The zero-order valence-corrected chi connectivity index (χ0v) is 16.7. The third kappa shape index (κ3) is 4.51. The molecule has 0 aliphatic carbocycles. The average molecular weight is 413 g/mol. The van der Waals surface area contributed by atoms with E-state index >= 15 is 0 Å². The van der Waals surface area contributed by atoms with Crippen molar-refractivity contribution in [2.45, 2.75) is 6.92 Å². The lowest BCUT2D eigenvalue weighted by atomic mass is 9.97. The molecule has 1 amide bonds. The summed E-state index contributed by atoms with van der Waals surface area (Å²) < 4.78 is 10.7. The SMILES string of the molecule is Cc1ccc(C(=O)c2ccccc2-c2nc(-c3ccc(OCC(N)=O)cc3)no2)cc1. The molecule has 1 aromatic heterocycles. The number of aromatic nitrogens is 2. The van der Waals surface area contributed by atoms with Crippen LogP contribution >= 0.6 is 0 Å². The number of hydrogen-bond donors (Lipinski definition) is 1. The maximum Gasteiger partial charge on any atom is 0.258 e. The van der Waals surface area contributed by atoms with Crippen LogP contribution in [0.4, 0.5) is 0 Å². The number of carbonyl (C=O) groups excluding carboxylic acids is 2. The van der Waals surface area contributed by atoms with E-state index in [-0.39, 0.29) is 18.3 Å². The van der Waals surface area contributed by atoms with Crippen molar-refractivity contribution in [3.63, 3.8) is 0 Å². The summed E-state index contributed by atoms with van der Waals surface area (Å²) >= 11 is 0. The molecule has 7 heteroatoms. The van der Waals surface area contributed by atoms with E-state index in [9.17, 15) is 9.59 Å². The molecular weight excluding hydrogens is 394 g/mol. The molecule has 0 radical (unpaired) electrons. The Morgan fingerprint density at radius 2 is 1.68 bits per heavy atom. The molecule has 154 valence electrons. The van der Waals surface area contributed by atoms with Gasteiger partial charge in [0.25, 0.3) is 11.8 Å². The average Bonchev–Trinajstić information content (AvgIpc) is 3.28. The first-order valence-electron chi connectivity index (χ1n) is 9.57. The van der Waals surface area contributed by atoms with E-state index in [1.165, 1.54) is 0 Å². The molecule has 0 aliphatic rings. The number of ether oxygens (including phenoxy) is 1. The van der Waals surface area contributed by atoms with Gasteiger partial charge in [0.05, 0.1) is 5.56 Å². The zero-order valence-electron chi connectivity index (χ0n) is 16.7. The molecule has 3 aromatic carbocycles. The van der Waals surface area contributed by atoms with E-state index in [1.807, 2.05) is 25.1 Å². The fourth-order valence-electron chi connectivity index (χ4n) is 3.03. The monoisotopic (exact) mass is 413 g/mol. The van der Waals surface area contributed by atoms with Gasteiger partial charge in [-0.3, -0.25) is 9.59 Å². The lowest BCUT2D eigenvalue weighted by Crippen LogP contribution is -2.19. The van der Waals surface area contributed by atoms with Crippen LogP contribution < -0.4 is 10.5 Å². The van der Waals surface area contributed by atoms with Crippen LogP contribution in [0.2, 0.25) is 0 Å². The number of nitrogens with two attached hydrogens (primary N) is 1. The molecule has 0 atom stereocenters. The first-order chi connectivity index (χ1) is 15.0. The van der Waals surface area contributed by atoms with Crippen LogP contribution in [0.5, 0.6) is 5.75 Å². The number of aryl methyl sites for hydroxylation is 1. The zero-order chi connectivity index (χ0) is 21.8. The van der Waals surface area contributed by atoms with Crippen LogP contribution in [0.25, 0.3) is 22.8 Å². The minimum absolute atomic E-state index is 0.119. The van der Waals surface area contributed by atoms with E-state index in [2.05, 4.69) is 10.1 Å². The Balaban J connectivity index is 1.60. The molecule has 1 heterocycles. The molecular formula is C24H19N3O4. The number of carbonyl (C=O) groups is 2. The smallest absolute Gasteiger partial charge is 0.258 e. The third-order valence-electron chi connectivity index (χ3n) is 4.64. The largest absolute Gasteiger partial charge is 0.484 e. The van der Waals surface area contributed by atoms with Crippen LogP contribution in [0.15, 0.2) is 77.3 Å². The van der Waals surface area contributed by atoms with Gasteiger partial charge < -0.3 is 15.0 Å². The number of primary amides is 1. The van der Waals surface area contributed by atoms with Gasteiger partial charge in [-0.1, -0.05) is 53.2 Å². The van der Waals surface area contributed by atoms with E-state index < -0.39 is 5.91 Å². The Morgan fingerprint density at radius 3 is 2.39 bits per heavy atom. The molecule has 0 unspecified atom stereocenters. The summed E-state index contributed by atoms with van der Waals surface area (Å²) in [5.41, 5.74) is 8.49. The van der Waals surface area contributed by atoms with Crippen LogP contribution in [-0.2, 0) is 4.79 Å². The lowest BCUT2D eigenvalue weighted by molar-refractivity contribution is -0.119. The van der Waals surface area contributed by atoms with Crippen molar-refractivity contribution in [3.05, 3.63) is 89.5 Å². The van der Waals surface area contributed by atoms with Crippen LogP contribution in [0.1, 0.15) is 21.5 Å². The molecule has 2 N–H and O–H groups in total. The fraction of sp³-hybridized carbons (Fsp3) is 0.0833. The first kappa shape index (κ1) is 20.0. The van der Waals surface area contributed by atoms with Crippen LogP contribution in [-0.4, -0.2) is 28.4 Å². The predicted octanol–water partition coefficient (Wildman–Crippen LogP) is 3.81. The van der Waals surface area contributed by atoms with Crippen molar-refractivity contribution < 1.29 is 18.8 Å². The first-order valence-corrected chi connectivity index (χ1v) is 9.57. The van der Waals surface area contributed by atoms with Gasteiger partial charge >= 0.3 is 0 Å². The second kappa shape index (κ2) is 8.62. The Morgan fingerprint density at radius 1 is 0.968 bits per heavy atom. The quantitative estimate of drug-likeness (QED) is 0.462. The molecule has 4 rings (SSSR count). The number of hydrogen-bond acceptors (Lipinski definition) is 6. The Kier molecular flexibility index (Phi) is 5.57. The standard InChI is InChI=1S/C24H19N3O4/c1-15-6-8-16(9-7-15)22(29)19-4-2-3-5-20(19)24-26-23(27-31-24)17-10-12-18(13-11-17)30-14-21(25)28/h2-13H,14H2,1H3,(H2,25,28). The summed E-state index contributed by atoms with van der Waals surface area (Å²) in [5.74, 6) is 0.450.